The molecule has 4 rings (SSSR count). The number of benzene rings is 1. The zero-order valence-corrected chi connectivity index (χ0v) is 12.5. The summed E-state index contributed by atoms with van der Waals surface area (Å²) in [5.41, 5.74) is 3.21. The van der Waals surface area contributed by atoms with Gasteiger partial charge in [-0.3, -0.25) is 4.90 Å². The Kier molecular flexibility index (Phi) is 3.31. The molecule has 108 valence electrons. The summed E-state index contributed by atoms with van der Waals surface area (Å²) in [4.78, 5) is 2.92. The molecular formula is C18H26N2. The van der Waals surface area contributed by atoms with Crippen LogP contribution in [0.25, 0.3) is 0 Å². The summed E-state index contributed by atoms with van der Waals surface area (Å²) in [6, 6.07) is 12.4. The summed E-state index contributed by atoms with van der Waals surface area (Å²) >= 11 is 0. The summed E-state index contributed by atoms with van der Waals surface area (Å²) in [6.45, 7) is 0. The first-order valence-electron chi connectivity index (χ1n) is 8.36. The van der Waals surface area contributed by atoms with E-state index in [1.807, 2.05) is 0 Å². The topological polar surface area (TPSA) is 15.3 Å². The van der Waals surface area contributed by atoms with Crippen LogP contribution in [-0.4, -0.2) is 36.1 Å². The number of hydrogen-bond acceptors (Lipinski definition) is 2. The largest absolute Gasteiger partial charge is 0.317 e. The lowest BCUT2D eigenvalue weighted by atomic mass is 9.85. The molecule has 2 heterocycles. The zero-order valence-electron chi connectivity index (χ0n) is 12.5. The van der Waals surface area contributed by atoms with Crippen molar-refractivity contribution >= 4 is 0 Å². The molecule has 2 bridgehead atoms. The highest BCUT2D eigenvalue weighted by molar-refractivity contribution is 5.30. The lowest BCUT2D eigenvalue weighted by molar-refractivity contribution is 0.0643. The van der Waals surface area contributed by atoms with Crippen molar-refractivity contribution in [3.8, 4) is 0 Å². The van der Waals surface area contributed by atoms with E-state index in [4.69, 9.17) is 0 Å². The van der Waals surface area contributed by atoms with Crippen LogP contribution in [0, 0.1) is 0 Å². The van der Waals surface area contributed by atoms with Gasteiger partial charge in [0.1, 0.15) is 0 Å². The van der Waals surface area contributed by atoms with E-state index >= 15 is 0 Å². The van der Waals surface area contributed by atoms with Gasteiger partial charge in [-0.15, -0.1) is 0 Å². The quantitative estimate of drug-likeness (QED) is 0.889. The van der Waals surface area contributed by atoms with Crippen LogP contribution in [0.1, 0.15) is 43.2 Å². The Morgan fingerprint density at radius 2 is 1.65 bits per heavy atom. The maximum Gasteiger partial charge on any atom is 0.0145 e. The molecule has 2 fully saturated rings. The highest BCUT2D eigenvalue weighted by Crippen LogP contribution is 2.40. The van der Waals surface area contributed by atoms with E-state index in [0.717, 1.165) is 24.2 Å². The average molecular weight is 270 g/mol. The molecule has 0 aromatic heterocycles. The number of nitrogens with zero attached hydrogens (tertiary/aromatic N) is 1. The first kappa shape index (κ1) is 12.8. The first-order chi connectivity index (χ1) is 9.85. The molecule has 3 unspecified atom stereocenters. The van der Waals surface area contributed by atoms with Crippen molar-refractivity contribution in [2.24, 2.45) is 0 Å². The van der Waals surface area contributed by atoms with Crippen LogP contribution in [-0.2, 0) is 12.8 Å². The maximum atomic E-state index is 3.52. The van der Waals surface area contributed by atoms with Crippen molar-refractivity contribution in [2.75, 3.05) is 7.05 Å². The van der Waals surface area contributed by atoms with Crippen LogP contribution in [0.3, 0.4) is 0 Å². The van der Waals surface area contributed by atoms with Crippen molar-refractivity contribution in [3.63, 3.8) is 0 Å². The van der Waals surface area contributed by atoms with Crippen LogP contribution in [0.4, 0.5) is 0 Å². The molecule has 2 saturated heterocycles. The highest BCUT2D eigenvalue weighted by Gasteiger charge is 2.43. The predicted molar refractivity (Wildman–Crippen MR) is 83.0 cm³/mol. The summed E-state index contributed by atoms with van der Waals surface area (Å²) in [5.74, 6) is 0. The number of rotatable bonds is 2. The van der Waals surface area contributed by atoms with E-state index in [1.165, 1.54) is 44.9 Å². The van der Waals surface area contributed by atoms with E-state index in [1.54, 1.807) is 11.1 Å². The SMILES string of the molecule is CNC1CC2CCC(C1)N2C1CCc2ccccc2C1. The monoisotopic (exact) mass is 270 g/mol. The Hall–Kier alpha value is -0.860. The van der Waals surface area contributed by atoms with Gasteiger partial charge in [-0.1, -0.05) is 24.3 Å². The zero-order chi connectivity index (χ0) is 13.5. The van der Waals surface area contributed by atoms with E-state index < -0.39 is 0 Å². The molecule has 2 heteroatoms. The Labute approximate surface area is 122 Å². The van der Waals surface area contributed by atoms with E-state index in [0.29, 0.717) is 0 Å². The molecule has 3 atom stereocenters. The van der Waals surface area contributed by atoms with Crippen molar-refractivity contribution in [1.82, 2.24) is 10.2 Å². The van der Waals surface area contributed by atoms with E-state index in [-0.39, 0.29) is 0 Å². The second-order valence-corrected chi connectivity index (χ2v) is 6.95. The minimum absolute atomic E-state index is 0.764. The smallest absolute Gasteiger partial charge is 0.0145 e. The summed E-state index contributed by atoms with van der Waals surface area (Å²) in [6.07, 6.45) is 9.53. The minimum Gasteiger partial charge on any atom is -0.317 e. The first-order valence-corrected chi connectivity index (χ1v) is 8.36. The van der Waals surface area contributed by atoms with Crippen molar-refractivity contribution in [3.05, 3.63) is 35.4 Å². The third kappa shape index (κ3) is 2.10. The van der Waals surface area contributed by atoms with Crippen molar-refractivity contribution in [1.29, 1.82) is 0 Å². The average Bonchev–Trinajstić information content (AvgIpc) is 2.77. The Morgan fingerprint density at radius 3 is 2.35 bits per heavy atom. The fourth-order valence-corrected chi connectivity index (χ4v) is 4.98. The molecule has 2 nitrogen and oxygen atoms in total. The van der Waals surface area contributed by atoms with Gasteiger partial charge in [0.05, 0.1) is 0 Å². The number of fused-ring (bicyclic) bond motifs is 3. The van der Waals surface area contributed by atoms with Gasteiger partial charge in [-0.25, -0.2) is 0 Å². The van der Waals surface area contributed by atoms with Crippen molar-refractivity contribution < 1.29 is 0 Å². The van der Waals surface area contributed by atoms with Gasteiger partial charge in [-0.2, -0.15) is 0 Å². The maximum absolute atomic E-state index is 3.52. The molecule has 20 heavy (non-hydrogen) atoms. The fourth-order valence-electron chi connectivity index (χ4n) is 4.98. The molecule has 3 aliphatic rings. The summed E-state index contributed by atoms with van der Waals surface area (Å²) in [7, 11) is 2.14. The van der Waals surface area contributed by atoms with Gasteiger partial charge in [0.25, 0.3) is 0 Å². The van der Waals surface area contributed by atoms with E-state index in [2.05, 4.69) is 41.5 Å². The number of hydrogen-bond donors (Lipinski definition) is 1. The van der Waals surface area contributed by atoms with Gasteiger partial charge < -0.3 is 5.32 Å². The molecule has 1 aromatic carbocycles. The Bertz CT molecular complexity index is 470. The minimum atomic E-state index is 0.764. The molecule has 1 aliphatic carbocycles. The Morgan fingerprint density at radius 1 is 0.950 bits per heavy atom. The number of nitrogens with one attached hydrogen (secondary N) is 1. The molecule has 2 aliphatic heterocycles. The fraction of sp³-hybridized carbons (Fsp3) is 0.667. The summed E-state index contributed by atoms with van der Waals surface area (Å²) in [5, 5.41) is 3.52. The highest BCUT2D eigenvalue weighted by atomic mass is 15.3. The molecular weight excluding hydrogens is 244 g/mol. The van der Waals surface area contributed by atoms with Gasteiger partial charge in [0.15, 0.2) is 0 Å². The lowest BCUT2D eigenvalue weighted by Gasteiger charge is -2.45. The van der Waals surface area contributed by atoms with Crippen molar-refractivity contribution in [2.45, 2.75) is 69.1 Å². The van der Waals surface area contributed by atoms with Gasteiger partial charge >= 0.3 is 0 Å². The second-order valence-electron chi connectivity index (χ2n) is 6.95. The molecule has 1 aromatic rings. The molecule has 0 saturated carbocycles. The standard InChI is InChI=1S/C18H26N2/c1-19-15-11-17-8-9-18(12-15)20(17)16-7-6-13-4-2-3-5-14(13)10-16/h2-5,15-19H,6-12H2,1H3. The van der Waals surface area contributed by atoms with Crippen LogP contribution in [0.15, 0.2) is 24.3 Å². The molecule has 0 amide bonds. The normalized spacial score (nSPS) is 36.9. The van der Waals surface area contributed by atoms with Crippen LogP contribution < -0.4 is 5.32 Å². The Balaban J connectivity index is 1.53. The number of piperidine rings is 1. The molecule has 1 N–H and O–H groups in total. The lowest BCUT2D eigenvalue weighted by Crippen LogP contribution is -2.53. The summed E-state index contributed by atoms with van der Waals surface area (Å²) < 4.78 is 0. The third-order valence-corrected chi connectivity index (χ3v) is 5.94. The molecule has 0 spiro atoms. The third-order valence-electron chi connectivity index (χ3n) is 5.94. The van der Waals surface area contributed by atoms with Gasteiger partial charge in [0, 0.05) is 24.2 Å². The predicted octanol–water partition coefficient (Wildman–Crippen LogP) is 2.76. The van der Waals surface area contributed by atoms with Crippen LogP contribution in [0.2, 0.25) is 0 Å². The number of aryl methyl sites for hydroxylation is 1. The van der Waals surface area contributed by atoms with Gasteiger partial charge in [0.2, 0.25) is 0 Å². The molecule has 0 radical (unpaired) electrons. The van der Waals surface area contributed by atoms with Crippen LogP contribution >= 0.6 is 0 Å². The second kappa shape index (κ2) is 5.16. The van der Waals surface area contributed by atoms with Crippen LogP contribution in [0.5, 0.6) is 0 Å². The van der Waals surface area contributed by atoms with E-state index in [9.17, 15) is 0 Å². The van der Waals surface area contributed by atoms with Gasteiger partial charge in [-0.05, 0) is 63.1 Å².